The standard InChI is InChI=1S/C30H28N4O2/c1-35-25-10-5-9-22(15-25)26-17-30(33-20-23-8-3-4-11-29(23)36-2)34-28-13-12-24(16-27(26)28)32-19-21-7-6-14-31-18-21/h3-18,32H,19-20H2,1-2H3,(H,33,34). The molecular weight excluding hydrogens is 448 g/mol. The molecule has 3 aromatic carbocycles. The van der Waals surface area contributed by atoms with Gasteiger partial charge in [-0.2, -0.15) is 0 Å². The fraction of sp³-hybridized carbons (Fsp3) is 0.133. The first-order valence-electron chi connectivity index (χ1n) is 11.8. The first-order chi connectivity index (χ1) is 17.7. The molecule has 0 aliphatic heterocycles. The Hall–Kier alpha value is -4.58. The summed E-state index contributed by atoms with van der Waals surface area (Å²) in [7, 11) is 3.37. The minimum atomic E-state index is 0.602. The molecule has 36 heavy (non-hydrogen) atoms. The Bertz CT molecular complexity index is 1470. The third-order valence-corrected chi connectivity index (χ3v) is 6.06. The monoisotopic (exact) mass is 476 g/mol. The van der Waals surface area contributed by atoms with Crippen molar-refractivity contribution >= 4 is 22.4 Å². The molecule has 0 unspecified atom stereocenters. The van der Waals surface area contributed by atoms with Crippen LogP contribution in [0.15, 0.2) is 97.3 Å². The summed E-state index contributed by atoms with van der Waals surface area (Å²) < 4.78 is 11.0. The molecule has 0 spiro atoms. The van der Waals surface area contributed by atoms with Crippen LogP contribution in [0.25, 0.3) is 22.0 Å². The van der Waals surface area contributed by atoms with E-state index in [0.717, 1.165) is 56.2 Å². The molecule has 5 rings (SSSR count). The van der Waals surface area contributed by atoms with Crippen LogP contribution in [0.3, 0.4) is 0 Å². The van der Waals surface area contributed by atoms with Crippen LogP contribution in [0.5, 0.6) is 11.5 Å². The molecule has 2 heterocycles. The maximum Gasteiger partial charge on any atom is 0.127 e. The van der Waals surface area contributed by atoms with Crippen LogP contribution in [-0.2, 0) is 13.1 Å². The van der Waals surface area contributed by atoms with E-state index < -0.39 is 0 Å². The van der Waals surface area contributed by atoms with Gasteiger partial charge in [-0.3, -0.25) is 4.98 Å². The van der Waals surface area contributed by atoms with Gasteiger partial charge in [-0.15, -0.1) is 0 Å². The number of benzene rings is 3. The molecule has 6 heteroatoms. The molecule has 5 aromatic rings. The summed E-state index contributed by atoms with van der Waals surface area (Å²) in [5.74, 6) is 2.46. The zero-order valence-corrected chi connectivity index (χ0v) is 20.4. The molecule has 0 fully saturated rings. The molecule has 0 aliphatic carbocycles. The first kappa shape index (κ1) is 23.2. The number of pyridine rings is 2. The molecule has 180 valence electrons. The van der Waals surface area contributed by atoms with Gasteiger partial charge < -0.3 is 20.1 Å². The van der Waals surface area contributed by atoms with Gasteiger partial charge in [-0.05, 0) is 65.2 Å². The van der Waals surface area contributed by atoms with E-state index in [4.69, 9.17) is 14.5 Å². The van der Waals surface area contributed by atoms with Gasteiger partial charge in [0.25, 0.3) is 0 Å². The van der Waals surface area contributed by atoms with E-state index in [2.05, 4.69) is 64.1 Å². The number of hydrogen-bond donors (Lipinski definition) is 2. The van der Waals surface area contributed by atoms with Crippen LogP contribution in [0.1, 0.15) is 11.1 Å². The third-order valence-electron chi connectivity index (χ3n) is 6.06. The summed E-state index contributed by atoms with van der Waals surface area (Å²) in [6.07, 6.45) is 3.65. The molecule has 0 amide bonds. The van der Waals surface area contributed by atoms with Crippen molar-refractivity contribution in [1.82, 2.24) is 9.97 Å². The molecule has 0 bridgehead atoms. The van der Waals surface area contributed by atoms with Crippen molar-refractivity contribution < 1.29 is 9.47 Å². The van der Waals surface area contributed by atoms with Gasteiger partial charge in [0, 0.05) is 42.1 Å². The lowest BCUT2D eigenvalue weighted by Gasteiger charge is -2.15. The molecule has 0 saturated heterocycles. The predicted octanol–water partition coefficient (Wildman–Crippen LogP) is 6.54. The molecule has 0 aliphatic rings. The van der Waals surface area contributed by atoms with Gasteiger partial charge >= 0.3 is 0 Å². The number of anilines is 2. The molecule has 0 radical (unpaired) electrons. The SMILES string of the molecule is COc1cccc(-c2cc(NCc3ccccc3OC)nc3ccc(NCc4cccnc4)cc23)c1. The second-order valence-electron chi connectivity index (χ2n) is 8.40. The zero-order valence-electron chi connectivity index (χ0n) is 20.4. The van der Waals surface area contributed by atoms with E-state index >= 15 is 0 Å². The van der Waals surface area contributed by atoms with E-state index in [-0.39, 0.29) is 0 Å². The van der Waals surface area contributed by atoms with E-state index in [1.54, 1.807) is 20.4 Å². The minimum Gasteiger partial charge on any atom is -0.497 e. The Morgan fingerprint density at radius 1 is 0.778 bits per heavy atom. The number of methoxy groups -OCH3 is 2. The number of para-hydroxylation sites is 1. The molecule has 6 nitrogen and oxygen atoms in total. The van der Waals surface area contributed by atoms with Gasteiger partial charge in [0.05, 0.1) is 19.7 Å². The van der Waals surface area contributed by atoms with Crippen molar-refractivity contribution in [3.8, 4) is 22.6 Å². The fourth-order valence-electron chi connectivity index (χ4n) is 4.20. The maximum atomic E-state index is 5.51. The highest BCUT2D eigenvalue weighted by Crippen LogP contribution is 2.34. The van der Waals surface area contributed by atoms with Crippen molar-refractivity contribution in [2.75, 3.05) is 24.9 Å². The van der Waals surface area contributed by atoms with E-state index in [0.29, 0.717) is 13.1 Å². The Labute approximate surface area is 211 Å². The smallest absolute Gasteiger partial charge is 0.127 e. The summed E-state index contributed by atoms with van der Waals surface area (Å²) in [4.78, 5) is 9.11. The minimum absolute atomic E-state index is 0.602. The topological polar surface area (TPSA) is 68.3 Å². The number of aromatic nitrogens is 2. The van der Waals surface area contributed by atoms with Gasteiger partial charge in [0.1, 0.15) is 17.3 Å². The highest BCUT2D eigenvalue weighted by Gasteiger charge is 2.11. The largest absolute Gasteiger partial charge is 0.497 e. The quantitative estimate of drug-likeness (QED) is 0.252. The van der Waals surface area contributed by atoms with Crippen LogP contribution >= 0.6 is 0 Å². The molecular formula is C30H28N4O2. The van der Waals surface area contributed by atoms with Gasteiger partial charge in [-0.25, -0.2) is 4.98 Å². The van der Waals surface area contributed by atoms with Gasteiger partial charge in [0.15, 0.2) is 0 Å². The van der Waals surface area contributed by atoms with Crippen LogP contribution in [0.2, 0.25) is 0 Å². The third kappa shape index (κ3) is 5.23. The Balaban J connectivity index is 1.51. The first-order valence-corrected chi connectivity index (χ1v) is 11.8. The fourth-order valence-corrected chi connectivity index (χ4v) is 4.20. The number of hydrogen-bond acceptors (Lipinski definition) is 6. The van der Waals surface area contributed by atoms with E-state index in [9.17, 15) is 0 Å². The normalized spacial score (nSPS) is 10.7. The van der Waals surface area contributed by atoms with Crippen molar-refractivity contribution in [2.45, 2.75) is 13.1 Å². The van der Waals surface area contributed by atoms with Crippen molar-refractivity contribution in [3.63, 3.8) is 0 Å². The average Bonchev–Trinajstić information content (AvgIpc) is 2.95. The van der Waals surface area contributed by atoms with Crippen LogP contribution in [-0.4, -0.2) is 24.2 Å². The molecule has 0 saturated carbocycles. The zero-order chi connectivity index (χ0) is 24.7. The number of nitrogens with one attached hydrogen (secondary N) is 2. The van der Waals surface area contributed by atoms with Gasteiger partial charge in [0.2, 0.25) is 0 Å². The highest BCUT2D eigenvalue weighted by molar-refractivity contribution is 5.98. The summed E-state index contributed by atoms with van der Waals surface area (Å²) in [5.41, 5.74) is 6.26. The van der Waals surface area contributed by atoms with Crippen molar-refractivity contribution in [3.05, 3.63) is 108 Å². The average molecular weight is 477 g/mol. The lowest BCUT2D eigenvalue weighted by Crippen LogP contribution is -2.04. The lowest BCUT2D eigenvalue weighted by atomic mass is 10.00. The Morgan fingerprint density at radius 3 is 2.53 bits per heavy atom. The summed E-state index contributed by atoms with van der Waals surface area (Å²) in [5, 5.41) is 8.05. The van der Waals surface area contributed by atoms with E-state index in [1.807, 2.05) is 42.6 Å². The van der Waals surface area contributed by atoms with Crippen molar-refractivity contribution in [2.24, 2.45) is 0 Å². The molecule has 2 N–H and O–H groups in total. The number of ether oxygens (including phenoxy) is 2. The summed E-state index contributed by atoms with van der Waals surface area (Å²) in [6, 6.07) is 28.5. The second kappa shape index (κ2) is 10.8. The lowest BCUT2D eigenvalue weighted by molar-refractivity contribution is 0.410. The van der Waals surface area contributed by atoms with Crippen LogP contribution < -0.4 is 20.1 Å². The molecule has 2 aromatic heterocycles. The van der Waals surface area contributed by atoms with Crippen molar-refractivity contribution in [1.29, 1.82) is 0 Å². The Morgan fingerprint density at radius 2 is 1.69 bits per heavy atom. The van der Waals surface area contributed by atoms with E-state index in [1.165, 1.54) is 0 Å². The predicted molar refractivity (Wildman–Crippen MR) is 146 cm³/mol. The number of fused-ring (bicyclic) bond motifs is 1. The summed E-state index contributed by atoms with van der Waals surface area (Å²) in [6.45, 7) is 1.30. The number of rotatable bonds is 9. The summed E-state index contributed by atoms with van der Waals surface area (Å²) >= 11 is 0. The maximum absolute atomic E-state index is 5.51. The van der Waals surface area contributed by atoms with Crippen LogP contribution in [0, 0.1) is 0 Å². The highest BCUT2D eigenvalue weighted by atomic mass is 16.5. The van der Waals surface area contributed by atoms with Gasteiger partial charge in [-0.1, -0.05) is 36.4 Å². The second-order valence-corrected chi connectivity index (χ2v) is 8.40. The number of nitrogens with zero attached hydrogens (tertiary/aromatic N) is 2. The Kier molecular flexibility index (Phi) is 6.94. The molecule has 0 atom stereocenters. The van der Waals surface area contributed by atoms with Crippen LogP contribution in [0.4, 0.5) is 11.5 Å².